The molecule has 1 aliphatic heterocycles. The standard InChI is InChI=1S/C16H20N2O6/c1-17(10-14(19)18-5-7-23-8-6-18)16(22)12-3-2-4-13(9-12)24-11-15(20)21/h2-4,9H,5-8,10-11H2,1H3,(H,20,21). The average molecular weight is 336 g/mol. The van der Waals surface area contributed by atoms with Crippen molar-refractivity contribution in [2.75, 3.05) is 46.5 Å². The molecule has 8 heteroatoms. The van der Waals surface area contributed by atoms with Crippen molar-refractivity contribution in [3.8, 4) is 5.75 Å². The fourth-order valence-corrected chi connectivity index (χ4v) is 2.27. The Hall–Kier alpha value is -2.61. The molecular weight excluding hydrogens is 316 g/mol. The van der Waals surface area contributed by atoms with Crippen molar-refractivity contribution in [3.05, 3.63) is 29.8 Å². The van der Waals surface area contributed by atoms with Gasteiger partial charge in [-0.05, 0) is 18.2 Å². The maximum Gasteiger partial charge on any atom is 0.341 e. The van der Waals surface area contributed by atoms with Crippen molar-refractivity contribution in [1.29, 1.82) is 0 Å². The number of nitrogens with zero attached hydrogens (tertiary/aromatic N) is 2. The van der Waals surface area contributed by atoms with E-state index in [0.29, 0.717) is 31.9 Å². The molecule has 0 spiro atoms. The summed E-state index contributed by atoms with van der Waals surface area (Å²) in [5.74, 6) is -1.28. The SMILES string of the molecule is CN(CC(=O)N1CCOCC1)C(=O)c1cccc(OCC(=O)O)c1. The van der Waals surface area contributed by atoms with Crippen LogP contribution in [0.4, 0.5) is 0 Å². The van der Waals surface area contributed by atoms with Crippen LogP contribution in [-0.2, 0) is 14.3 Å². The fourth-order valence-electron chi connectivity index (χ4n) is 2.27. The Kier molecular flexibility index (Phi) is 6.14. The van der Waals surface area contributed by atoms with E-state index in [4.69, 9.17) is 14.6 Å². The predicted molar refractivity (Wildman–Crippen MR) is 83.9 cm³/mol. The summed E-state index contributed by atoms with van der Waals surface area (Å²) >= 11 is 0. The minimum absolute atomic E-state index is 0.0287. The van der Waals surface area contributed by atoms with Crippen LogP contribution >= 0.6 is 0 Å². The molecule has 1 saturated heterocycles. The Bertz CT molecular complexity index is 612. The van der Waals surface area contributed by atoms with E-state index in [9.17, 15) is 14.4 Å². The molecule has 1 aromatic rings. The summed E-state index contributed by atoms with van der Waals surface area (Å²) < 4.78 is 10.2. The van der Waals surface area contributed by atoms with Gasteiger partial charge in [-0.25, -0.2) is 4.79 Å². The minimum Gasteiger partial charge on any atom is -0.482 e. The molecule has 1 aromatic carbocycles. The number of carbonyl (C=O) groups is 3. The zero-order valence-corrected chi connectivity index (χ0v) is 13.4. The number of benzene rings is 1. The Morgan fingerprint density at radius 2 is 2.00 bits per heavy atom. The van der Waals surface area contributed by atoms with E-state index in [2.05, 4.69) is 0 Å². The third kappa shape index (κ3) is 4.95. The molecule has 130 valence electrons. The number of morpholine rings is 1. The molecule has 0 radical (unpaired) electrons. The summed E-state index contributed by atoms with van der Waals surface area (Å²) in [5.41, 5.74) is 0.329. The highest BCUT2D eigenvalue weighted by atomic mass is 16.5. The van der Waals surface area contributed by atoms with Crippen molar-refractivity contribution in [2.24, 2.45) is 0 Å². The van der Waals surface area contributed by atoms with Crippen LogP contribution in [0.2, 0.25) is 0 Å². The number of likely N-dealkylation sites (N-methyl/N-ethyl adjacent to an activating group) is 1. The van der Waals surface area contributed by atoms with E-state index in [1.165, 1.54) is 11.0 Å². The largest absolute Gasteiger partial charge is 0.482 e. The second-order valence-corrected chi connectivity index (χ2v) is 5.36. The summed E-state index contributed by atoms with van der Waals surface area (Å²) in [6.07, 6.45) is 0. The molecule has 0 bridgehead atoms. The van der Waals surface area contributed by atoms with Crippen molar-refractivity contribution in [1.82, 2.24) is 9.80 Å². The number of rotatable bonds is 6. The lowest BCUT2D eigenvalue weighted by Gasteiger charge is -2.28. The lowest BCUT2D eigenvalue weighted by molar-refractivity contribution is -0.139. The van der Waals surface area contributed by atoms with Crippen LogP contribution < -0.4 is 4.74 Å². The summed E-state index contributed by atoms with van der Waals surface area (Å²) in [6.45, 7) is 1.56. The first-order chi connectivity index (χ1) is 11.5. The van der Waals surface area contributed by atoms with Crippen molar-refractivity contribution in [3.63, 3.8) is 0 Å². The molecule has 1 N–H and O–H groups in total. The fraction of sp³-hybridized carbons (Fsp3) is 0.438. The van der Waals surface area contributed by atoms with E-state index in [1.807, 2.05) is 0 Å². The van der Waals surface area contributed by atoms with E-state index < -0.39 is 12.6 Å². The van der Waals surface area contributed by atoms with Gasteiger partial charge in [0.2, 0.25) is 5.91 Å². The van der Waals surface area contributed by atoms with Gasteiger partial charge in [0.25, 0.3) is 5.91 Å². The monoisotopic (exact) mass is 336 g/mol. The first-order valence-electron chi connectivity index (χ1n) is 7.53. The first kappa shape index (κ1) is 17.7. The van der Waals surface area contributed by atoms with E-state index >= 15 is 0 Å². The number of amides is 2. The number of carbonyl (C=O) groups excluding carboxylic acids is 2. The van der Waals surface area contributed by atoms with Gasteiger partial charge in [-0.2, -0.15) is 0 Å². The van der Waals surface area contributed by atoms with E-state index in [-0.39, 0.29) is 24.1 Å². The predicted octanol–water partition coefficient (Wildman–Crippen LogP) is 0.0808. The third-order valence-electron chi connectivity index (χ3n) is 3.53. The van der Waals surface area contributed by atoms with E-state index in [0.717, 1.165) is 0 Å². The molecule has 1 aliphatic rings. The van der Waals surface area contributed by atoms with Crippen LogP contribution in [0.15, 0.2) is 24.3 Å². The zero-order valence-electron chi connectivity index (χ0n) is 13.4. The second kappa shape index (κ2) is 8.30. The Balaban J connectivity index is 1.95. The Labute approximate surface area is 139 Å². The summed E-state index contributed by atoms with van der Waals surface area (Å²) in [6, 6.07) is 6.22. The second-order valence-electron chi connectivity index (χ2n) is 5.36. The van der Waals surface area contributed by atoms with Gasteiger partial charge in [0.15, 0.2) is 6.61 Å². The molecule has 24 heavy (non-hydrogen) atoms. The van der Waals surface area contributed by atoms with Crippen LogP contribution in [0.1, 0.15) is 10.4 Å². The summed E-state index contributed by atoms with van der Waals surface area (Å²) in [4.78, 5) is 38.1. The Morgan fingerprint density at radius 3 is 2.67 bits per heavy atom. The highest BCUT2D eigenvalue weighted by molar-refractivity contribution is 5.96. The highest BCUT2D eigenvalue weighted by Gasteiger charge is 2.21. The highest BCUT2D eigenvalue weighted by Crippen LogP contribution is 2.15. The smallest absolute Gasteiger partial charge is 0.341 e. The molecule has 8 nitrogen and oxygen atoms in total. The van der Waals surface area contributed by atoms with Gasteiger partial charge in [-0.1, -0.05) is 6.07 Å². The molecule has 1 fully saturated rings. The van der Waals surface area contributed by atoms with Gasteiger partial charge in [-0.3, -0.25) is 9.59 Å². The molecule has 0 aliphatic carbocycles. The van der Waals surface area contributed by atoms with Crippen molar-refractivity contribution >= 4 is 17.8 Å². The summed E-state index contributed by atoms with van der Waals surface area (Å²) in [7, 11) is 1.55. The van der Waals surface area contributed by atoms with Gasteiger partial charge >= 0.3 is 5.97 Å². The van der Waals surface area contributed by atoms with Crippen LogP contribution in [0.5, 0.6) is 5.75 Å². The van der Waals surface area contributed by atoms with Crippen LogP contribution in [-0.4, -0.2) is 79.2 Å². The Morgan fingerprint density at radius 1 is 1.29 bits per heavy atom. The molecule has 0 atom stereocenters. The number of hydrogen-bond acceptors (Lipinski definition) is 5. The minimum atomic E-state index is -1.10. The average Bonchev–Trinajstić information content (AvgIpc) is 2.60. The third-order valence-corrected chi connectivity index (χ3v) is 3.53. The maximum atomic E-state index is 12.4. The number of hydrogen-bond donors (Lipinski definition) is 1. The quantitative estimate of drug-likeness (QED) is 0.790. The summed E-state index contributed by atoms with van der Waals surface area (Å²) in [5, 5.41) is 8.61. The number of aliphatic carboxylic acids is 1. The van der Waals surface area contributed by atoms with Crippen LogP contribution in [0, 0.1) is 0 Å². The maximum absolute atomic E-state index is 12.4. The first-order valence-corrected chi connectivity index (χ1v) is 7.53. The zero-order chi connectivity index (χ0) is 17.5. The van der Waals surface area contributed by atoms with Gasteiger partial charge < -0.3 is 24.4 Å². The molecular formula is C16H20N2O6. The molecule has 1 heterocycles. The molecule has 2 rings (SSSR count). The lowest BCUT2D eigenvalue weighted by Crippen LogP contribution is -2.46. The van der Waals surface area contributed by atoms with Crippen molar-refractivity contribution in [2.45, 2.75) is 0 Å². The molecule has 2 amide bonds. The topological polar surface area (TPSA) is 96.4 Å². The van der Waals surface area contributed by atoms with Crippen molar-refractivity contribution < 1.29 is 29.0 Å². The van der Waals surface area contributed by atoms with Gasteiger partial charge in [-0.15, -0.1) is 0 Å². The molecule has 0 unspecified atom stereocenters. The number of carboxylic acid groups (broad SMARTS) is 1. The lowest BCUT2D eigenvalue weighted by atomic mass is 10.2. The normalized spacial score (nSPS) is 14.1. The van der Waals surface area contributed by atoms with Gasteiger partial charge in [0.1, 0.15) is 5.75 Å². The van der Waals surface area contributed by atoms with Gasteiger partial charge in [0, 0.05) is 25.7 Å². The number of carboxylic acids is 1. The van der Waals surface area contributed by atoms with Crippen LogP contribution in [0.3, 0.4) is 0 Å². The van der Waals surface area contributed by atoms with Crippen LogP contribution in [0.25, 0.3) is 0 Å². The molecule has 0 saturated carbocycles. The molecule has 0 aromatic heterocycles. The van der Waals surface area contributed by atoms with E-state index in [1.54, 1.807) is 30.1 Å². The van der Waals surface area contributed by atoms with Gasteiger partial charge in [0.05, 0.1) is 19.8 Å². The number of ether oxygens (including phenoxy) is 2.